The zero-order chi connectivity index (χ0) is 21.5. The summed E-state index contributed by atoms with van der Waals surface area (Å²) < 4.78 is 5.26. The van der Waals surface area contributed by atoms with Gasteiger partial charge in [0.1, 0.15) is 0 Å². The predicted molar refractivity (Wildman–Crippen MR) is 112 cm³/mol. The van der Waals surface area contributed by atoms with E-state index in [9.17, 15) is 19.2 Å². The number of unbranched alkanes of at least 4 members (excludes halogenated alkanes) is 1. The number of amides is 2. The quantitative estimate of drug-likeness (QED) is 0.611. The molecule has 0 unspecified atom stereocenters. The first-order chi connectivity index (χ1) is 14.5. The summed E-state index contributed by atoms with van der Waals surface area (Å²) >= 11 is 0. The molecule has 2 amide bonds. The predicted octanol–water partition coefficient (Wildman–Crippen LogP) is 2.10. The van der Waals surface area contributed by atoms with Gasteiger partial charge >= 0.3 is 0 Å². The molecule has 1 aromatic carbocycles. The van der Waals surface area contributed by atoms with Gasteiger partial charge in [-0.15, -0.1) is 0 Å². The van der Waals surface area contributed by atoms with Crippen molar-refractivity contribution in [1.82, 2.24) is 9.80 Å². The van der Waals surface area contributed by atoms with Crippen molar-refractivity contribution < 1.29 is 23.9 Å². The second-order valence-electron chi connectivity index (χ2n) is 7.57. The molecule has 0 bridgehead atoms. The van der Waals surface area contributed by atoms with Gasteiger partial charge in [0.15, 0.2) is 0 Å². The zero-order valence-electron chi connectivity index (χ0n) is 17.4. The lowest BCUT2D eigenvalue weighted by molar-refractivity contribution is -0.139. The van der Waals surface area contributed by atoms with E-state index in [4.69, 9.17) is 4.74 Å². The SMILES string of the molecule is CCCCN(CC1=CC(=O)C(=O)c2ccccc21)C(=O)CCC(=O)N1CCOCC1. The summed E-state index contributed by atoms with van der Waals surface area (Å²) in [5, 5.41) is 0. The van der Waals surface area contributed by atoms with E-state index in [2.05, 4.69) is 0 Å². The molecule has 0 aromatic heterocycles. The number of Topliss-reactive ketones (excluding diaryl/α,β-unsaturated/α-hetero) is 1. The summed E-state index contributed by atoms with van der Waals surface area (Å²) in [6, 6.07) is 6.98. The fourth-order valence-electron chi connectivity index (χ4n) is 3.72. The summed E-state index contributed by atoms with van der Waals surface area (Å²) in [5.41, 5.74) is 1.74. The van der Waals surface area contributed by atoms with Gasteiger partial charge in [-0.05, 0) is 23.6 Å². The minimum atomic E-state index is -0.561. The Labute approximate surface area is 176 Å². The number of hydrogen-bond donors (Lipinski definition) is 0. The molecule has 0 atom stereocenters. The maximum atomic E-state index is 12.9. The molecule has 1 saturated heterocycles. The second kappa shape index (κ2) is 10.3. The summed E-state index contributed by atoms with van der Waals surface area (Å²) in [4.78, 5) is 53.0. The lowest BCUT2D eigenvalue weighted by atomic mass is 9.89. The zero-order valence-corrected chi connectivity index (χ0v) is 17.4. The topological polar surface area (TPSA) is 84.0 Å². The number of fused-ring (bicyclic) bond motifs is 1. The lowest BCUT2D eigenvalue weighted by Crippen LogP contribution is -2.41. The first kappa shape index (κ1) is 21.9. The van der Waals surface area contributed by atoms with E-state index in [0.29, 0.717) is 49.5 Å². The van der Waals surface area contributed by atoms with Crippen molar-refractivity contribution >= 4 is 29.0 Å². The van der Waals surface area contributed by atoms with Crippen molar-refractivity contribution in [3.63, 3.8) is 0 Å². The van der Waals surface area contributed by atoms with Crippen LogP contribution >= 0.6 is 0 Å². The summed E-state index contributed by atoms with van der Waals surface area (Å²) in [5.74, 6) is -1.23. The summed E-state index contributed by atoms with van der Waals surface area (Å²) in [6.07, 6.45) is 3.38. The minimum absolute atomic E-state index is 0.0370. The van der Waals surface area contributed by atoms with Gasteiger partial charge in [-0.2, -0.15) is 0 Å². The van der Waals surface area contributed by atoms with Crippen LogP contribution in [0.3, 0.4) is 0 Å². The Morgan fingerprint density at radius 2 is 1.77 bits per heavy atom. The van der Waals surface area contributed by atoms with Crippen LogP contribution in [-0.4, -0.2) is 72.6 Å². The van der Waals surface area contributed by atoms with Crippen molar-refractivity contribution in [3.8, 4) is 0 Å². The molecule has 2 aliphatic rings. The van der Waals surface area contributed by atoms with E-state index in [0.717, 1.165) is 12.8 Å². The molecule has 30 heavy (non-hydrogen) atoms. The monoisotopic (exact) mass is 412 g/mol. The van der Waals surface area contributed by atoms with E-state index >= 15 is 0 Å². The van der Waals surface area contributed by atoms with Gasteiger partial charge in [0.2, 0.25) is 23.4 Å². The van der Waals surface area contributed by atoms with E-state index < -0.39 is 11.6 Å². The number of hydrogen-bond acceptors (Lipinski definition) is 5. The van der Waals surface area contributed by atoms with Crippen molar-refractivity contribution in [1.29, 1.82) is 0 Å². The Bertz CT molecular complexity index is 855. The summed E-state index contributed by atoms with van der Waals surface area (Å²) in [6.45, 7) is 5.02. The second-order valence-corrected chi connectivity index (χ2v) is 7.57. The third-order valence-corrected chi connectivity index (χ3v) is 5.46. The number of ether oxygens (including phenoxy) is 1. The average molecular weight is 412 g/mol. The third-order valence-electron chi connectivity index (χ3n) is 5.46. The number of morpholine rings is 1. The molecule has 1 aliphatic heterocycles. The number of allylic oxidation sites excluding steroid dienone is 1. The molecule has 0 radical (unpaired) electrons. The molecule has 7 heteroatoms. The average Bonchev–Trinajstić information content (AvgIpc) is 2.78. The molecule has 1 heterocycles. The van der Waals surface area contributed by atoms with E-state index in [-0.39, 0.29) is 31.2 Å². The number of nitrogens with zero attached hydrogens (tertiary/aromatic N) is 2. The Balaban J connectivity index is 1.68. The molecule has 160 valence electrons. The molecule has 1 aromatic rings. The van der Waals surface area contributed by atoms with Crippen LogP contribution in [-0.2, 0) is 19.1 Å². The number of benzene rings is 1. The van der Waals surface area contributed by atoms with Crippen molar-refractivity contribution in [3.05, 3.63) is 41.5 Å². The number of rotatable bonds is 8. The first-order valence-corrected chi connectivity index (χ1v) is 10.5. The standard InChI is InChI=1S/C23H28N2O5/c1-2-3-10-25(22(28)9-8-21(27)24-11-13-30-14-12-24)16-17-15-20(26)23(29)19-7-5-4-6-18(17)19/h4-7,15H,2-3,8-14,16H2,1H3. The molecule has 3 rings (SSSR count). The molecule has 7 nitrogen and oxygen atoms in total. The van der Waals surface area contributed by atoms with Gasteiger partial charge in [-0.3, -0.25) is 19.2 Å². The molecule has 1 aliphatic carbocycles. The fraction of sp³-hybridized carbons (Fsp3) is 0.478. The van der Waals surface area contributed by atoms with Crippen molar-refractivity contribution in [2.75, 3.05) is 39.4 Å². The van der Waals surface area contributed by atoms with E-state index in [1.54, 1.807) is 28.0 Å². The highest BCUT2D eigenvalue weighted by Crippen LogP contribution is 2.26. The maximum absolute atomic E-state index is 12.9. The highest BCUT2D eigenvalue weighted by atomic mass is 16.5. The highest BCUT2D eigenvalue weighted by Gasteiger charge is 2.27. The maximum Gasteiger partial charge on any atom is 0.233 e. The van der Waals surface area contributed by atoms with Gasteiger partial charge in [-0.25, -0.2) is 0 Å². The van der Waals surface area contributed by atoms with Crippen LogP contribution in [0.25, 0.3) is 5.57 Å². The van der Waals surface area contributed by atoms with Gasteiger partial charge < -0.3 is 14.5 Å². The van der Waals surface area contributed by atoms with E-state index in [1.807, 2.05) is 13.0 Å². The Hall–Kier alpha value is -2.80. The normalized spacial score (nSPS) is 16.2. The van der Waals surface area contributed by atoms with Crippen LogP contribution in [0.4, 0.5) is 0 Å². The number of carbonyl (C=O) groups is 4. The van der Waals surface area contributed by atoms with Gasteiger partial charge in [-0.1, -0.05) is 37.6 Å². The highest BCUT2D eigenvalue weighted by molar-refractivity contribution is 6.50. The number of ketones is 2. The van der Waals surface area contributed by atoms with Crippen molar-refractivity contribution in [2.24, 2.45) is 0 Å². The van der Waals surface area contributed by atoms with Crippen LogP contribution in [0.1, 0.15) is 48.5 Å². The Kier molecular flexibility index (Phi) is 7.52. The Morgan fingerprint density at radius 1 is 1.07 bits per heavy atom. The molecule has 0 N–H and O–H groups in total. The first-order valence-electron chi connectivity index (χ1n) is 10.5. The number of carbonyl (C=O) groups excluding carboxylic acids is 4. The molecule has 0 spiro atoms. The van der Waals surface area contributed by atoms with Crippen LogP contribution in [0.2, 0.25) is 0 Å². The molecular formula is C23H28N2O5. The molecule has 1 fully saturated rings. The lowest BCUT2D eigenvalue weighted by Gasteiger charge is -2.28. The van der Waals surface area contributed by atoms with Crippen LogP contribution < -0.4 is 0 Å². The van der Waals surface area contributed by atoms with Crippen LogP contribution in [0.15, 0.2) is 30.3 Å². The van der Waals surface area contributed by atoms with Gasteiger partial charge in [0.25, 0.3) is 0 Å². The van der Waals surface area contributed by atoms with Gasteiger partial charge in [0, 0.05) is 44.6 Å². The largest absolute Gasteiger partial charge is 0.378 e. The third kappa shape index (κ3) is 5.21. The fourth-order valence-corrected chi connectivity index (χ4v) is 3.72. The van der Waals surface area contributed by atoms with E-state index in [1.165, 1.54) is 6.08 Å². The minimum Gasteiger partial charge on any atom is -0.378 e. The smallest absolute Gasteiger partial charge is 0.233 e. The Morgan fingerprint density at radius 3 is 2.47 bits per heavy atom. The van der Waals surface area contributed by atoms with Crippen molar-refractivity contribution in [2.45, 2.75) is 32.6 Å². The van der Waals surface area contributed by atoms with Gasteiger partial charge in [0.05, 0.1) is 13.2 Å². The summed E-state index contributed by atoms with van der Waals surface area (Å²) in [7, 11) is 0. The molecule has 0 saturated carbocycles. The van der Waals surface area contributed by atoms with Crippen LogP contribution in [0, 0.1) is 0 Å². The van der Waals surface area contributed by atoms with Crippen LogP contribution in [0.5, 0.6) is 0 Å². The molecular weight excluding hydrogens is 384 g/mol.